The molecule has 512 valence electrons. The Morgan fingerprint density at radius 3 is 1.15 bits per heavy atom. The van der Waals surface area contributed by atoms with Gasteiger partial charge in [-0.2, -0.15) is 0 Å². The van der Waals surface area contributed by atoms with Crippen molar-refractivity contribution in [1.82, 2.24) is 39.9 Å². The van der Waals surface area contributed by atoms with Gasteiger partial charge in [0.2, 0.25) is 0 Å². The highest BCUT2D eigenvalue weighted by molar-refractivity contribution is 7.10. The predicted octanol–water partition coefficient (Wildman–Crippen LogP) is 26.1. The molecule has 0 saturated carbocycles. The first-order chi connectivity index (χ1) is 40.8. The molecular formula is C74H140N8O3S3. The maximum atomic E-state index is 5.09. The fraction of sp³-hybridized carbons (Fsp3) is 0.649. The summed E-state index contributed by atoms with van der Waals surface area (Å²) < 4.78 is 15.0. The summed E-state index contributed by atoms with van der Waals surface area (Å²) in [4.78, 5) is 31.8. The van der Waals surface area contributed by atoms with Gasteiger partial charge in [-0.25, -0.2) is 24.9 Å². The van der Waals surface area contributed by atoms with E-state index in [1.54, 1.807) is 58.9 Å². The van der Waals surface area contributed by atoms with E-state index in [1.165, 1.54) is 39.6 Å². The van der Waals surface area contributed by atoms with Gasteiger partial charge in [0.25, 0.3) is 0 Å². The Kier molecular flexibility index (Phi) is 62.0. The largest absolute Gasteiger partial charge is 0.451 e. The fourth-order valence-corrected chi connectivity index (χ4v) is 7.33. The van der Waals surface area contributed by atoms with Crippen molar-refractivity contribution in [3.05, 3.63) is 153 Å². The van der Waals surface area contributed by atoms with E-state index in [2.05, 4.69) is 224 Å². The number of thiazole rings is 3. The van der Waals surface area contributed by atoms with Crippen molar-refractivity contribution < 1.29 is 13.3 Å². The topological polar surface area (TPSA) is 148 Å². The van der Waals surface area contributed by atoms with E-state index >= 15 is 0 Å². The molecule has 0 unspecified atom stereocenters. The molecule has 14 heteroatoms. The third-order valence-corrected chi connectivity index (χ3v) is 12.7. The van der Waals surface area contributed by atoms with Crippen molar-refractivity contribution in [2.45, 2.75) is 320 Å². The lowest BCUT2D eigenvalue weighted by Gasteiger charge is -2.15. The number of hydrogen-bond acceptors (Lipinski definition) is 12. The zero-order chi connectivity index (χ0) is 71.2. The summed E-state index contributed by atoms with van der Waals surface area (Å²) in [6.45, 7) is 83.6. The van der Waals surface area contributed by atoms with Gasteiger partial charge in [-0.15, -0.1) is 34.0 Å². The Bertz CT molecular complexity index is 1910. The minimum atomic E-state index is 0.0451. The van der Waals surface area contributed by atoms with Crippen molar-refractivity contribution in [3.63, 3.8) is 0 Å². The average molecular weight is 1290 g/mol. The lowest BCUT2D eigenvalue weighted by Crippen LogP contribution is -2.10. The summed E-state index contributed by atoms with van der Waals surface area (Å²) in [5, 5.41) is 5.32. The molecule has 0 aromatic carbocycles. The van der Waals surface area contributed by atoms with E-state index in [4.69, 9.17) is 13.3 Å². The number of aromatic amines is 2. The van der Waals surface area contributed by atoms with E-state index in [0.29, 0.717) is 5.41 Å². The summed E-state index contributed by atoms with van der Waals surface area (Å²) >= 11 is 5.09. The maximum Gasteiger partial charge on any atom is 0.199 e. The molecule has 2 N–H and O–H groups in total. The van der Waals surface area contributed by atoms with Crippen molar-refractivity contribution in [1.29, 1.82) is 0 Å². The third-order valence-electron chi connectivity index (χ3n) is 9.76. The van der Waals surface area contributed by atoms with Crippen LogP contribution in [0, 0.1) is 0 Å². The SMILES string of the molecule is CC.CC.CC.CC.CC.CC.CC.CC.CC(C)(C)c1cc[nH]c1.CC(C)(C)c1ccc[nH]1.CC(C)(C)c1cnco1.CC(C)(C)c1cncs1.CC(C)(C)c1cocn1.CC(C)(C)c1cscn1.CC(C)(C)c1ncco1.CC(C)(C)c1nccs1. The molecule has 8 aromatic heterocycles. The van der Waals surface area contributed by atoms with Crippen molar-refractivity contribution >= 4 is 34.0 Å². The highest BCUT2D eigenvalue weighted by Gasteiger charge is 2.20. The van der Waals surface area contributed by atoms with Crippen molar-refractivity contribution in [2.24, 2.45) is 0 Å². The van der Waals surface area contributed by atoms with Gasteiger partial charge in [0.05, 0.1) is 39.8 Å². The number of nitrogens with zero attached hydrogens (tertiary/aromatic N) is 6. The van der Waals surface area contributed by atoms with Crippen LogP contribution in [0.2, 0.25) is 0 Å². The lowest BCUT2D eigenvalue weighted by atomic mass is 9.89. The number of oxazole rings is 3. The van der Waals surface area contributed by atoms with E-state index < -0.39 is 0 Å². The van der Waals surface area contributed by atoms with E-state index in [9.17, 15) is 0 Å². The van der Waals surface area contributed by atoms with Gasteiger partial charge in [-0.3, -0.25) is 4.98 Å². The van der Waals surface area contributed by atoms with E-state index in [-0.39, 0.29) is 37.9 Å². The summed E-state index contributed by atoms with van der Waals surface area (Å²) in [6, 6.07) is 6.25. The van der Waals surface area contributed by atoms with Crippen LogP contribution in [0.5, 0.6) is 0 Å². The zero-order valence-corrected chi connectivity index (χ0v) is 67.0. The van der Waals surface area contributed by atoms with Crippen LogP contribution in [0.25, 0.3) is 0 Å². The van der Waals surface area contributed by atoms with Crippen molar-refractivity contribution in [2.75, 3.05) is 0 Å². The van der Waals surface area contributed by atoms with Crippen LogP contribution in [-0.4, -0.2) is 39.9 Å². The number of nitrogens with one attached hydrogen (secondary N) is 2. The van der Waals surface area contributed by atoms with E-state index in [0.717, 1.165) is 17.3 Å². The van der Waals surface area contributed by atoms with Gasteiger partial charge in [0.1, 0.15) is 18.3 Å². The molecule has 0 amide bonds. The quantitative estimate of drug-likeness (QED) is 0.151. The maximum absolute atomic E-state index is 5.09. The van der Waals surface area contributed by atoms with Gasteiger partial charge < -0.3 is 23.2 Å². The van der Waals surface area contributed by atoms with Gasteiger partial charge in [0.15, 0.2) is 18.7 Å². The molecule has 0 spiro atoms. The Hall–Kier alpha value is -4.92. The zero-order valence-electron chi connectivity index (χ0n) is 64.5. The second-order valence-electron chi connectivity index (χ2n) is 25.3. The van der Waals surface area contributed by atoms with Gasteiger partial charge in [0, 0.05) is 84.8 Å². The first-order valence-corrected chi connectivity index (χ1v) is 35.2. The molecule has 0 aliphatic rings. The van der Waals surface area contributed by atoms with Gasteiger partial charge in [-0.1, -0.05) is 277 Å². The van der Waals surface area contributed by atoms with Crippen LogP contribution in [0.1, 0.15) is 321 Å². The third kappa shape index (κ3) is 53.0. The highest BCUT2D eigenvalue weighted by atomic mass is 32.1. The standard InChI is InChI=1S/2C8H13N.3C7H11NO.3C7H11NS.8C2H6/c1-8(2,3)7-4-5-9-6-7;1-8(2,3)7-5-4-6-9-7;1-7(2,3)6-4-9-5-8-6;1-7(2,3)6-4-8-5-9-6;1-7(2,3)6-8-4-5-9-6;1-7(2,3)6-4-9-5-8-6;1-7(2,3)6-4-8-5-9-6;1-7(2,3)6-8-4-5-9-6;8*1-2/h2*4-6,9H,1-3H3;6*4-5H,1-3H3;8*1-2H3. The number of H-pyrrole nitrogens is 2. The molecule has 0 saturated heterocycles. The van der Waals surface area contributed by atoms with Crippen LogP contribution in [0.4, 0.5) is 0 Å². The second kappa shape index (κ2) is 55.0. The Morgan fingerprint density at radius 1 is 0.432 bits per heavy atom. The predicted molar refractivity (Wildman–Crippen MR) is 398 cm³/mol. The van der Waals surface area contributed by atoms with Crippen LogP contribution >= 0.6 is 34.0 Å². The lowest BCUT2D eigenvalue weighted by molar-refractivity contribution is 0.392. The number of hydrogen-bond donors (Lipinski definition) is 2. The van der Waals surface area contributed by atoms with E-state index in [1.807, 2.05) is 164 Å². The summed E-state index contributed by atoms with van der Waals surface area (Å²) in [7, 11) is 0. The molecule has 11 nitrogen and oxygen atoms in total. The molecule has 0 fully saturated rings. The minimum absolute atomic E-state index is 0.0451. The number of rotatable bonds is 0. The Morgan fingerprint density at radius 2 is 0.966 bits per heavy atom. The van der Waals surface area contributed by atoms with Gasteiger partial charge in [-0.05, 0) is 34.6 Å². The molecule has 0 aliphatic heterocycles. The molecule has 8 rings (SSSR count). The average Bonchev–Trinajstić information content (AvgIpc) is 4.32. The first kappa shape index (κ1) is 99.3. The van der Waals surface area contributed by atoms with Crippen molar-refractivity contribution in [3.8, 4) is 0 Å². The second-order valence-corrected chi connectivity index (χ2v) is 27.8. The smallest absolute Gasteiger partial charge is 0.199 e. The molecule has 0 radical (unpaired) electrons. The van der Waals surface area contributed by atoms with Crippen LogP contribution in [0.15, 0.2) is 122 Å². The molecule has 0 aliphatic carbocycles. The molecule has 0 bridgehead atoms. The molecule has 88 heavy (non-hydrogen) atoms. The molecular weight excluding hydrogens is 1150 g/mol. The van der Waals surface area contributed by atoms with Crippen LogP contribution < -0.4 is 0 Å². The van der Waals surface area contributed by atoms with Gasteiger partial charge >= 0.3 is 0 Å². The summed E-state index contributed by atoms with van der Waals surface area (Å²) in [6.07, 6.45) is 19.4. The summed E-state index contributed by atoms with van der Waals surface area (Å²) in [5.41, 5.74) is 10.1. The van der Waals surface area contributed by atoms with Crippen LogP contribution in [0.3, 0.4) is 0 Å². The molecule has 0 atom stereocenters. The summed E-state index contributed by atoms with van der Waals surface area (Å²) in [5.74, 6) is 1.73. The molecule has 8 aromatic rings. The Balaban J connectivity index is -0.000000134. The fourth-order valence-electron chi connectivity index (χ4n) is 5.11. The highest BCUT2D eigenvalue weighted by Crippen LogP contribution is 2.26. The normalized spacial score (nSPS) is 10.3. The minimum Gasteiger partial charge on any atom is -0.451 e. The Labute approximate surface area is 556 Å². The first-order valence-electron chi connectivity index (χ1n) is 32.5. The molecule has 8 heterocycles. The monoisotopic (exact) mass is 1290 g/mol. The van der Waals surface area contributed by atoms with Crippen LogP contribution in [-0.2, 0) is 43.3 Å². The number of aromatic nitrogens is 8.